The lowest BCUT2D eigenvalue weighted by Crippen LogP contribution is -2.24. The van der Waals surface area contributed by atoms with Crippen LogP contribution in [0.25, 0.3) is 0 Å². The summed E-state index contributed by atoms with van der Waals surface area (Å²) in [5.74, 6) is 2.14. The van der Waals surface area contributed by atoms with Gasteiger partial charge in [-0.25, -0.2) is 0 Å². The summed E-state index contributed by atoms with van der Waals surface area (Å²) in [5.41, 5.74) is 2.74. The van der Waals surface area contributed by atoms with Gasteiger partial charge < -0.3 is 10.1 Å². The molecule has 2 aromatic rings. The summed E-state index contributed by atoms with van der Waals surface area (Å²) in [7, 11) is 0. The van der Waals surface area contributed by atoms with Crippen LogP contribution in [0, 0.1) is 0 Å². The van der Waals surface area contributed by atoms with E-state index in [-0.39, 0.29) is 0 Å². The van der Waals surface area contributed by atoms with Crippen molar-refractivity contribution >= 4 is 11.8 Å². The van der Waals surface area contributed by atoms with Crippen molar-refractivity contribution in [2.24, 2.45) is 0 Å². The molecule has 0 saturated carbocycles. The van der Waals surface area contributed by atoms with Crippen LogP contribution in [0.2, 0.25) is 0 Å². The van der Waals surface area contributed by atoms with Crippen molar-refractivity contribution in [1.29, 1.82) is 0 Å². The van der Waals surface area contributed by atoms with Gasteiger partial charge in [-0.05, 0) is 48.4 Å². The summed E-state index contributed by atoms with van der Waals surface area (Å²) in [4.78, 5) is 1.42. The summed E-state index contributed by atoms with van der Waals surface area (Å²) in [6, 6.07) is 17.6. The Morgan fingerprint density at radius 1 is 1.14 bits per heavy atom. The van der Waals surface area contributed by atoms with E-state index in [1.54, 1.807) is 0 Å². The molecule has 0 bridgehead atoms. The van der Waals surface area contributed by atoms with Crippen LogP contribution < -0.4 is 10.1 Å². The fourth-order valence-corrected chi connectivity index (χ4v) is 3.79. The smallest absolute Gasteiger partial charge is 0.119 e. The van der Waals surface area contributed by atoms with E-state index >= 15 is 0 Å². The Hall–Kier alpha value is -1.45. The van der Waals surface area contributed by atoms with Crippen molar-refractivity contribution in [3.63, 3.8) is 0 Å². The first-order chi connectivity index (χ1) is 10.4. The summed E-state index contributed by atoms with van der Waals surface area (Å²) in [6.45, 7) is 3.62. The van der Waals surface area contributed by atoms with E-state index in [4.69, 9.17) is 4.74 Å². The first kappa shape index (κ1) is 14.5. The lowest BCUT2D eigenvalue weighted by molar-refractivity contribution is 0.340. The second kappa shape index (κ2) is 7.01. The third-order valence-electron chi connectivity index (χ3n) is 3.75. The Kier molecular flexibility index (Phi) is 4.84. The highest BCUT2D eigenvalue weighted by molar-refractivity contribution is 7.99. The molecule has 110 valence electrons. The number of thioether (sulfide) groups is 1. The van der Waals surface area contributed by atoms with Crippen LogP contribution in [-0.2, 0) is 6.54 Å². The predicted octanol–water partition coefficient (Wildman–Crippen LogP) is 4.41. The molecule has 3 heteroatoms. The fourth-order valence-electron chi connectivity index (χ4n) is 2.67. The second-order valence-corrected chi connectivity index (χ2v) is 6.32. The van der Waals surface area contributed by atoms with Crippen LogP contribution in [0.15, 0.2) is 53.4 Å². The maximum atomic E-state index is 5.48. The molecule has 1 unspecified atom stereocenters. The standard InChI is InChI=1S/C18H21NOS/c1-2-20-15-9-7-14(8-10-15)13-19-17-11-12-21-18-6-4-3-5-16(17)18/h3-10,17,19H,2,11-13H2,1H3. The maximum absolute atomic E-state index is 5.48. The van der Waals surface area contributed by atoms with Gasteiger partial charge in [0.1, 0.15) is 5.75 Å². The Balaban J connectivity index is 1.63. The van der Waals surface area contributed by atoms with Gasteiger partial charge in [0.05, 0.1) is 6.61 Å². The third-order valence-corrected chi connectivity index (χ3v) is 4.87. The van der Waals surface area contributed by atoms with Crippen molar-refractivity contribution in [2.45, 2.75) is 30.8 Å². The lowest BCUT2D eigenvalue weighted by atomic mass is 10.0. The van der Waals surface area contributed by atoms with Crippen LogP contribution in [0.1, 0.15) is 30.5 Å². The molecule has 0 aromatic heterocycles. The topological polar surface area (TPSA) is 21.3 Å². The average molecular weight is 299 g/mol. The zero-order valence-electron chi connectivity index (χ0n) is 12.3. The number of fused-ring (bicyclic) bond motifs is 1. The van der Waals surface area contributed by atoms with Crippen LogP contribution in [0.5, 0.6) is 5.75 Å². The quantitative estimate of drug-likeness (QED) is 0.883. The third kappa shape index (κ3) is 3.60. The number of nitrogens with one attached hydrogen (secondary N) is 1. The summed E-state index contributed by atoms with van der Waals surface area (Å²) in [5, 5.41) is 3.69. The molecule has 2 nitrogen and oxygen atoms in total. The number of hydrogen-bond acceptors (Lipinski definition) is 3. The van der Waals surface area contributed by atoms with E-state index in [2.05, 4.69) is 41.7 Å². The zero-order valence-corrected chi connectivity index (χ0v) is 13.2. The van der Waals surface area contributed by atoms with Gasteiger partial charge in [-0.1, -0.05) is 30.3 Å². The summed E-state index contributed by atoms with van der Waals surface area (Å²) < 4.78 is 5.48. The number of ether oxygens (including phenoxy) is 1. The van der Waals surface area contributed by atoms with Gasteiger partial charge in [-0.15, -0.1) is 11.8 Å². The molecule has 0 aliphatic carbocycles. The largest absolute Gasteiger partial charge is 0.494 e. The maximum Gasteiger partial charge on any atom is 0.119 e. The minimum absolute atomic E-state index is 0.467. The van der Waals surface area contributed by atoms with Crippen molar-refractivity contribution in [2.75, 3.05) is 12.4 Å². The molecular formula is C18H21NOS. The molecule has 0 saturated heterocycles. The molecule has 1 atom stereocenters. The van der Waals surface area contributed by atoms with E-state index in [9.17, 15) is 0 Å². The van der Waals surface area contributed by atoms with Gasteiger partial charge in [-0.2, -0.15) is 0 Å². The molecule has 1 N–H and O–H groups in total. The molecule has 0 amide bonds. The van der Waals surface area contributed by atoms with E-state index in [1.807, 2.05) is 30.8 Å². The van der Waals surface area contributed by atoms with Gasteiger partial charge >= 0.3 is 0 Å². The summed E-state index contributed by atoms with van der Waals surface area (Å²) >= 11 is 1.97. The molecule has 1 aliphatic rings. The van der Waals surface area contributed by atoms with Crippen molar-refractivity contribution in [3.05, 3.63) is 59.7 Å². The Labute approximate surface area is 130 Å². The Morgan fingerprint density at radius 3 is 2.76 bits per heavy atom. The molecule has 1 aliphatic heterocycles. The number of hydrogen-bond donors (Lipinski definition) is 1. The van der Waals surface area contributed by atoms with Gasteiger partial charge in [0.2, 0.25) is 0 Å². The average Bonchev–Trinajstić information content (AvgIpc) is 2.54. The second-order valence-electron chi connectivity index (χ2n) is 5.19. The van der Waals surface area contributed by atoms with Crippen LogP contribution in [0.4, 0.5) is 0 Å². The monoisotopic (exact) mass is 299 g/mol. The first-order valence-electron chi connectivity index (χ1n) is 7.53. The molecule has 0 spiro atoms. The first-order valence-corrected chi connectivity index (χ1v) is 8.52. The molecule has 0 radical (unpaired) electrons. The highest BCUT2D eigenvalue weighted by Crippen LogP contribution is 2.35. The number of benzene rings is 2. The van der Waals surface area contributed by atoms with Crippen molar-refractivity contribution < 1.29 is 4.74 Å². The van der Waals surface area contributed by atoms with E-state index < -0.39 is 0 Å². The summed E-state index contributed by atoms with van der Waals surface area (Å²) in [6.07, 6.45) is 1.19. The molecule has 21 heavy (non-hydrogen) atoms. The molecule has 2 aromatic carbocycles. The molecule has 0 fully saturated rings. The molecule has 1 heterocycles. The van der Waals surface area contributed by atoms with E-state index in [1.165, 1.54) is 28.2 Å². The Morgan fingerprint density at radius 2 is 1.95 bits per heavy atom. The van der Waals surface area contributed by atoms with Gasteiger partial charge in [0, 0.05) is 17.5 Å². The van der Waals surface area contributed by atoms with E-state index in [0.29, 0.717) is 12.6 Å². The molecular weight excluding hydrogens is 278 g/mol. The van der Waals surface area contributed by atoms with Crippen LogP contribution >= 0.6 is 11.8 Å². The molecule has 3 rings (SSSR count). The van der Waals surface area contributed by atoms with Crippen molar-refractivity contribution in [1.82, 2.24) is 5.32 Å². The van der Waals surface area contributed by atoms with E-state index in [0.717, 1.165) is 12.3 Å². The number of rotatable bonds is 5. The normalized spacial score (nSPS) is 17.3. The van der Waals surface area contributed by atoms with Gasteiger partial charge in [0.25, 0.3) is 0 Å². The zero-order chi connectivity index (χ0) is 14.5. The minimum Gasteiger partial charge on any atom is -0.494 e. The highest BCUT2D eigenvalue weighted by atomic mass is 32.2. The SMILES string of the molecule is CCOc1ccc(CNC2CCSc3ccccc32)cc1. The van der Waals surface area contributed by atoms with Crippen LogP contribution in [-0.4, -0.2) is 12.4 Å². The highest BCUT2D eigenvalue weighted by Gasteiger charge is 2.19. The minimum atomic E-state index is 0.467. The van der Waals surface area contributed by atoms with Gasteiger partial charge in [-0.3, -0.25) is 0 Å². The lowest BCUT2D eigenvalue weighted by Gasteiger charge is -2.26. The Bertz CT molecular complexity index is 582. The van der Waals surface area contributed by atoms with Crippen molar-refractivity contribution in [3.8, 4) is 5.75 Å². The van der Waals surface area contributed by atoms with Gasteiger partial charge in [0.15, 0.2) is 0 Å². The predicted molar refractivity (Wildman–Crippen MR) is 89.0 cm³/mol. The van der Waals surface area contributed by atoms with Crippen LogP contribution in [0.3, 0.4) is 0 Å². The fraction of sp³-hybridized carbons (Fsp3) is 0.333.